The Balaban J connectivity index is 0. The molecule has 2 N–H and O–H groups in total. The van der Waals surface area contributed by atoms with Gasteiger partial charge in [0.15, 0.2) is 0 Å². The van der Waals surface area contributed by atoms with Crippen LogP contribution in [0.25, 0.3) is 0 Å². The van der Waals surface area contributed by atoms with Crippen LogP contribution in [0, 0.1) is 0 Å². The normalized spacial score (nSPS) is 8.94. The molecule has 0 aromatic carbocycles. The SMILES string of the molecule is COCCNCC(=O)NCc1ccncc1.Cl.Cl. The minimum atomic E-state index is -0.0204. The minimum absolute atomic E-state index is 0. The molecule has 0 aliphatic carbocycles. The number of carbonyl (C=O) groups excluding carboxylic acids is 1. The maximum Gasteiger partial charge on any atom is 0.234 e. The number of halogens is 2. The zero-order valence-electron chi connectivity index (χ0n) is 10.2. The van der Waals surface area contributed by atoms with Crippen molar-refractivity contribution in [2.24, 2.45) is 0 Å². The predicted molar refractivity (Wildman–Crippen MR) is 75.3 cm³/mol. The summed E-state index contributed by atoms with van der Waals surface area (Å²) in [5.74, 6) is -0.0204. The Labute approximate surface area is 120 Å². The predicted octanol–water partition coefficient (Wildman–Crippen LogP) is 0.777. The van der Waals surface area contributed by atoms with Crippen molar-refractivity contribution >= 4 is 30.7 Å². The molecule has 0 aliphatic heterocycles. The lowest BCUT2D eigenvalue weighted by Gasteiger charge is -2.06. The van der Waals surface area contributed by atoms with E-state index in [1.54, 1.807) is 19.5 Å². The van der Waals surface area contributed by atoms with Crippen LogP contribution in [0.4, 0.5) is 0 Å². The van der Waals surface area contributed by atoms with Gasteiger partial charge in [0.05, 0.1) is 13.2 Å². The first-order chi connectivity index (χ1) is 7.83. The number of rotatable bonds is 7. The van der Waals surface area contributed by atoms with Gasteiger partial charge in [-0.25, -0.2) is 0 Å². The lowest BCUT2D eigenvalue weighted by Crippen LogP contribution is -2.34. The number of nitrogens with zero attached hydrogens (tertiary/aromatic N) is 1. The largest absolute Gasteiger partial charge is 0.383 e. The molecule has 7 heteroatoms. The fourth-order valence-electron chi connectivity index (χ4n) is 1.14. The molecule has 0 bridgehead atoms. The summed E-state index contributed by atoms with van der Waals surface area (Å²) >= 11 is 0. The molecule has 18 heavy (non-hydrogen) atoms. The molecule has 0 fully saturated rings. The van der Waals surface area contributed by atoms with Crippen molar-refractivity contribution in [2.75, 3.05) is 26.8 Å². The van der Waals surface area contributed by atoms with E-state index < -0.39 is 0 Å². The number of hydrogen-bond donors (Lipinski definition) is 2. The number of pyridine rings is 1. The molecule has 1 aromatic rings. The van der Waals surface area contributed by atoms with Crippen molar-refractivity contribution in [3.8, 4) is 0 Å². The van der Waals surface area contributed by atoms with Crippen molar-refractivity contribution in [1.29, 1.82) is 0 Å². The number of amides is 1. The number of carbonyl (C=O) groups is 1. The maximum atomic E-state index is 11.3. The standard InChI is InChI=1S/C11H17N3O2.2ClH/c1-16-7-6-13-9-11(15)14-8-10-2-4-12-5-3-10;;/h2-5,13H,6-9H2,1H3,(H,14,15);2*1H. The van der Waals surface area contributed by atoms with E-state index in [1.165, 1.54) is 0 Å². The first-order valence-corrected chi connectivity index (χ1v) is 5.18. The molecule has 0 spiro atoms. The van der Waals surface area contributed by atoms with Crippen LogP contribution in [-0.2, 0) is 16.1 Å². The van der Waals surface area contributed by atoms with E-state index in [1.807, 2.05) is 12.1 Å². The van der Waals surface area contributed by atoms with Crippen molar-refractivity contribution in [2.45, 2.75) is 6.54 Å². The van der Waals surface area contributed by atoms with Crippen LogP contribution in [-0.4, -0.2) is 37.7 Å². The lowest BCUT2D eigenvalue weighted by molar-refractivity contribution is -0.120. The quantitative estimate of drug-likeness (QED) is 0.730. The smallest absolute Gasteiger partial charge is 0.234 e. The molecule has 1 rings (SSSR count). The van der Waals surface area contributed by atoms with Gasteiger partial charge >= 0.3 is 0 Å². The third-order valence-corrected chi connectivity index (χ3v) is 2.01. The molecule has 0 saturated heterocycles. The molecule has 1 heterocycles. The van der Waals surface area contributed by atoms with E-state index in [-0.39, 0.29) is 30.7 Å². The second-order valence-corrected chi connectivity index (χ2v) is 3.30. The molecular weight excluding hydrogens is 277 g/mol. The van der Waals surface area contributed by atoms with E-state index in [2.05, 4.69) is 15.6 Å². The van der Waals surface area contributed by atoms with Crippen molar-refractivity contribution in [1.82, 2.24) is 15.6 Å². The Morgan fingerprint density at radius 1 is 1.33 bits per heavy atom. The third kappa shape index (κ3) is 9.18. The van der Waals surface area contributed by atoms with Gasteiger partial charge in [-0.15, -0.1) is 24.8 Å². The highest BCUT2D eigenvalue weighted by Gasteiger charge is 1.99. The molecular formula is C11H19Cl2N3O2. The first kappa shape index (κ1) is 19.5. The summed E-state index contributed by atoms with van der Waals surface area (Å²) in [6, 6.07) is 3.75. The van der Waals surface area contributed by atoms with Gasteiger partial charge in [0.1, 0.15) is 0 Å². The van der Waals surface area contributed by atoms with Gasteiger partial charge in [-0.2, -0.15) is 0 Å². The lowest BCUT2D eigenvalue weighted by atomic mass is 10.3. The number of aromatic nitrogens is 1. The van der Waals surface area contributed by atoms with Crippen LogP contribution in [0.5, 0.6) is 0 Å². The maximum absolute atomic E-state index is 11.3. The zero-order valence-corrected chi connectivity index (χ0v) is 11.9. The minimum Gasteiger partial charge on any atom is -0.383 e. The molecule has 0 aliphatic rings. The van der Waals surface area contributed by atoms with Gasteiger partial charge in [-0.05, 0) is 17.7 Å². The van der Waals surface area contributed by atoms with Crippen LogP contribution in [0.1, 0.15) is 5.56 Å². The summed E-state index contributed by atoms with van der Waals surface area (Å²) in [5, 5.41) is 5.78. The van der Waals surface area contributed by atoms with E-state index in [0.717, 1.165) is 5.56 Å². The van der Waals surface area contributed by atoms with Crippen LogP contribution >= 0.6 is 24.8 Å². The Hall–Kier alpha value is -0.880. The molecule has 0 unspecified atom stereocenters. The van der Waals surface area contributed by atoms with Gasteiger partial charge in [-0.1, -0.05) is 0 Å². The van der Waals surface area contributed by atoms with Crippen LogP contribution < -0.4 is 10.6 Å². The fourth-order valence-corrected chi connectivity index (χ4v) is 1.14. The highest BCUT2D eigenvalue weighted by atomic mass is 35.5. The van der Waals surface area contributed by atoms with Crippen molar-refractivity contribution in [3.63, 3.8) is 0 Å². The molecule has 1 aromatic heterocycles. The second-order valence-electron chi connectivity index (χ2n) is 3.30. The molecule has 5 nitrogen and oxygen atoms in total. The number of methoxy groups -OCH3 is 1. The first-order valence-electron chi connectivity index (χ1n) is 5.18. The summed E-state index contributed by atoms with van der Waals surface area (Å²) in [7, 11) is 1.63. The van der Waals surface area contributed by atoms with Gasteiger partial charge in [0.25, 0.3) is 0 Å². The molecule has 0 atom stereocenters. The monoisotopic (exact) mass is 295 g/mol. The average molecular weight is 296 g/mol. The fraction of sp³-hybridized carbons (Fsp3) is 0.455. The van der Waals surface area contributed by atoms with Crippen molar-refractivity contribution in [3.05, 3.63) is 30.1 Å². The molecule has 0 saturated carbocycles. The topological polar surface area (TPSA) is 63.2 Å². The van der Waals surface area contributed by atoms with E-state index >= 15 is 0 Å². The van der Waals surface area contributed by atoms with E-state index in [9.17, 15) is 4.79 Å². The van der Waals surface area contributed by atoms with Gasteiger partial charge < -0.3 is 15.4 Å². The number of nitrogens with one attached hydrogen (secondary N) is 2. The van der Waals surface area contributed by atoms with Crippen molar-refractivity contribution < 1.29 is 9.53 Å². The van der Waals surface area contributed by atoms with Crippen LogP contribution in [0.2, 0.25) is 0 Å². The summed E-state index contributed by atoms with van der Waals surface area (Å²) in [5.41, 5.74) is 1.04. The Bertz CT molecular complexity index is 312. The average Bonchev–Trinajstić information content (AvgIpc) is 2.33. The van der Waals surface area contributed by atoms with Crippen LogP contribution in [0.3, 0.4) is 0 Å². The number of ether oxygens (including phenoxy) is 1. The summed E-state index contributed by atoms with van der Waals surface area (Å²) < 4.78 is 4.85. The highest BCUT2D eigenvalue weighted by Crippen LogP contribution is 1.94. The van der Waals surface area contributed by atoms with Gasteiger partial charge in [0, 0.05) is 32.6 Å². The summed E-state index contributed by atoms with van der Waals surface area (Å²) in [4.78, 5) is 15.3. The Morgan fingerprint density at radius 2 is 2.00 bits per heavy atom. The number of hydrogen-bond acceptors (Lipinski definition) is 4. The van der Waals surface area contributed by atoms with Crippen LogP contribution in [0.15, 0.2) is 24.5 Å². The summed E-state index contributed by atoms with van der Waals surface area (Å²) in [6.45, 7) is 2.14. The van der Waals surface area contributed by atoms with E-state index in [4.69, 9.17) is 4.74 Å². The highest BCUT2D eigenvalue weighted by molar-refractivity contribution is 5.85. The Morgan fingerprint density at radius 3 is 2.61 bits per heavy atom. The molecule has 1 amide bonds. The van der Waals surface area contributed by atoms with E-state index in [0.29, 0.717) is 26.2 Å². The molecule has 104 valence electrons. The third-order valence-electron chi connectivity index (χ3n) is 2.01. The zero-order chi connectivity index (χ0) is 11.6. The van der Waals surface area contributed by atoms with Gasteiger partial charge in [-0.3, -0.25) is 9.78 Å². The van der Waals surface area contributed by atoms with Gasteiger partial charge in [0.2, 0.25) is 5.91 Å². The molecule has 0 radical (unpaired) electrons. The summed E-state index contributed by atoms with van der Waals surface area (Å²) in [6.07, 6.45) is 3.41. The Kier molecular flexibility index (Phi) is 13.6. The second kappa shape index (κ2) is 12.6.